The monoisotopic (exact) mass is 380 g/mol. The summed E-state index contributed by atoms with van der Waals surface area (Å²) in [6, 6.07) is 14.6. The van der Waals surface area contributed by atoms with E-state index in [1.807, 2.05) is 29.6 Å². The summed E-state index contributed by atoms with van der Waals surface area (Å²) in [6.07, 6.45) is 0.895. The van der Waals surface area contributed by atoms with Gasteiger partial charge in [-0.25, -0.2) is 4.98 Å². The van der Waals surface area contributed by atoms with Crippen LogP contribution in [0.3, 0.4) is 0 Å². The topological polar surface area (TPSA) is 68.3 Å². The summed E-state index contributed by atoms with van der Waals surface area (Å²) < 4.78 is 5.38. The number of aromatic nitrogens is 1. The van der Waals surface area contributed by atoms with Crippen molar-refractivity contribution in [1.29, 1.82) is 0 Å². The molecule has 0 aliphatic carbocycles. The van der Waals surface area contributed by atoms with E-state index in [4.69, 9.17) is 4.74 Å². The predicted octanol–water partition coefficient (Wildman–Crippen LogP) is 4.59. The van der Waals surface area contributed by atoms with Gasteiger partial charge in [-0.1, -0.05) is 12.1 Å². The lowest BCUT2D eigenvalue weighted by Crippen LogP contribution is -2.12. The number of para-hydroxylation sites is 1. The van der Waals surface area contributed by atoms with E-state index in [2.05, 4.69) is 10.3 Å². The molecule has 0 saturated heterocycles. The van der Waals surface area contributed by atoms with Crippen LogP contribution in [0.5, 0.6) is 5.75 Å². The maximum absolute atomic E-state index is 12.2. The molecule has 2 aromatic carbocycles. The van der Waals surface area contributed by atoms with Gasteiger partial charge >= 0.3 is 0 Å². The lowest BCUT2D eigenvalue weighted by atomic mass is 10.1. The Bertz CT molecular complexity index is 948. The van der Waals surface area contributed by atoms with Gasteiger partial charge in [0.05, 0.1) is 18.4 Å². The summed E-state index contributed by atoms with van der Waals surface area (Å²) in [4.78, 5) is 28.1. The van der Waals surface area contributed by atoms with Crippen LogP contribution in [0.25, 0.3) is 10.6 Å². The fourth-order valence-corrected chi connectivity index (χ4v) is 3.50. The van der Waals surface area contributed by atoms with E-state index in [9.17, 15) is 9.59 Å². The number of methoxy groups -OCH3 is 1. The van der Waals surface area contributed by atoms with Crippen molar-refractivity contribution in [2.45, 2.75) is 19.8 Å². The molecular formula is C21H20N2O3S. The molecule has 1 heterocycles. The van der Waals surface area contributed by atoms with E-state index in [-0.39, 0.29) is 11.7 Å². The summed E-state index contributed by atoms with van der Waals surface area (Å²) in [5.74, 6) is 0.699. The number of carbonyl (C=O) groups is 2. The molecule has 0 fully saturated rings. The molecule has 0 spiro atoms. The number of rotatable bonds is 7. The Morgan fingerprint density at radius 2 is 1.85 bits per heavy atom. The van der Waals surface area contributed by atoms with Crippen molar-refractivity contribution in [3.8, 4) is 16.3 Å². The highest BCUT2D eigenvalue weighted by Crippen LogP contribution is 2.32. The van der Waals surface area contributed by atoms with E-state index < -0.39 is 0 Å². The molecule has 27 heavy (non-hydrogen) atoms. The number of aryl methyl sites for hydroxylation is 1. The number of hydrogen-bond acceptors (Lipinski definition) is 5. The van der Waals surface area contributed by atoms with Crippen molar-refractivity contribution in [3.05, 3.63) is 65.2 Å². The largest absolute Gasteiger partial charge is 0.496 e. The fourth-order valence-electron chi connectivity index (χ4n) is 2.62. The molecule has 0 atom stereocenters. The Labute approximate surface area is 162 Å². The minimum Gasteiger partial charge on any atom is -0.496 e. The van der Waals surface area contributed by atoms with Crippen molar-refractivity contribution in [1.82, 2.24) is 4.98 Å². The average molecular weight is 380 g/mol. The Morgan fingerprint density at radius 1 is 1.11 bits per heavy atom. The average Bonchev–Trinajstić information content (AvgIpc) is 3.15. The van der Waals surface area contributed by atoms with Crippen LogP contribution in [0, 0.1) is 0 Å². The Balaban J connectivity index is 1.58. The van der Waals surface area contributed by atoms with Gasteiger partial charge < -0.3 is 10.1 Å². The van der Waals surface area contributed by atoms with Gasteiger partial charge in [-0.3, -0.25) is 9.59 Å². The molecule has 5 nitrogen and oxygen atoms in total. The quantitative estimate of drug-likeness (QED) is 0.609. The zero-order valence-corrected chi connectivity index (χ0v) is 16.0. The van der Waals surface area contributed by atoms with Gasteiger partial charge in [-0.15, -0.1) is 11.3 Å². The molecule has 3 rings (SSSR count). The molecule has 0 unspecified atom stereocenters. The van der Waals surface area contributed by atoms with Crippen LogP contribution >= 0.6 is 11.3 Å². The molecule has 1 amide bonds. The number of ketones is 1. The second-order valence-electron chi connectivity index (χ2n) is 6.03. The Kier molecular flexibility index (Phi) is 5.98. The standard InChI is InChI=1S/C21H20N2O3S/c1-14(24)15-7-9-16(10-8-15)22-20(25)12-11-17-13-27-21(23-17)18-5-3-4-6-19(18)26-2/h3-10,13H,11-12H2,1-2H3,(H,22,25). The van der Waals surface area contributed by atoms with Gasteiger partial charge in [0.2, 0.25) is 5.91 Å². The highest BCUT2D eigenvalue weighted by atomic mass is 32.1. The van der Waals surface area contributed by atoms with Gasteiger partial charge in [0.1, 0.15) is 10.8 Å². The highest BCUT2D eigenvalue weighted by molar-refractivity contribution is 7.13. The number of Topliss-reactive ketones (excluding diaryl/α,β-unsaturated/α-hetero) is 1. The highest BCUT2D eigenvalue weighted by Gasteiger charge is 2.11. The number of benzene rings is 2. The minimum absolute atomic E-state index is 0.00209. The molecule has 0 aliphatic rings. The van der Waals surface area contributed by atoms with Crippen LogP contribution in [0.2, 0.25) is 0 Å². The normalized spacial score (nSPS) is 10.4. The van der Waals surface area contributed by atoms with Crippen LogP contribution in [0.15, 0.2) is 53.9 Å². The molecule has 3 aromatic rings. The first-order chi connectivity index (χ1) is 13.1. The summed E-state index contributed by atoms with van der Waals surface area (Å²) in [5.41, 5.74) is 3.13. The molecule has 1 N–H and O–H groups in total. The molecule has 0 saturated carbocycles. The lowest BCUT2D eigenvalue weighted by Gasteiger charge is -2.05. The number of hydrogen-bond donors (Lipinski definition) is 1. The van der Waals surface area contributed by atoms with Crippen molar-refractivity contribution < 1.29 is 14.3 Å². The van der Waals surface area contributed by atoms with Crippen LogP contribution in [0.1, 0.15) is 29.4 Å². The predicted molar refractivity (Wildman–Crippen MR) is 107 cm³/mol. The molecule has 1 aromatic heterocycles. The smallest absolute Gasteiger partial charge is 0.224 e. The Morgan fingerprint density at radius 3 is 2.56 bits per heavy atom. The van der Waals surface area contributed by atoms with Gasteiger partial charge in [-0.2, -0.15) is 0 Å². The number of carbonyl (C=O) groups excluding carboxylic acids is 2. The number of anilines is 1. The van der Waals surface area contributed by atoms with Gasteiger partial charge in [0, 0.05) is 23.1 Å². The third-order valence-corrected chi connectivity index (χ3v) is 5.00. The zero-order chi connectivity index (χ0) is 19.2. The van der Waals surface area contributed by atoms with E-state index in [1.165, 1.54) is 18.3 Å². The maximum atomic E-state index is 12.2. The van der Waals surface area contributed by atoms with E-state index in [0.29, 0.717) is 24.1 Å². The molecular weight excluding hydrogens is 360 g/mol. The Hall–Kier alpha value is -2.99. The van der Waals surface area contributed by atoms with Crippen molar-refractivity contribution in [3.63, 3.8) is 0 Å². The number of amides is 1. The second-order valence-corrected chi connectivity index (χ2v) is 6.88. The SMILES string of the molecule is COc1ccccc1-c1nc(CCC(=O)Nc2ccc(C(C)=O)cc2)cs1. The van der Waals surface area contributed by atoms with Crippen molar-refractivity contribution in [2.75, 3.05) is 12.4 Å². The van der Waals surface area contributed by atoms with Crippen LogP contribution < -0.4 is 10.1 Å². The molecule has 0 bridgehead atoms. The summed E-state index contributed by atoms with van der Waals surface area (Å²) >= 11 is 1.54. The number of thiazole rings is 1. The maximum Gasteiger partial charge on any atom is 0.224 e. The van der Waals surface area contributed by atoms with Gasteiger partial charge in [-0.05, 0) is 49.7 Å². The first-order valence-electron chi connectivity index (χ1n) is 8.55. The second kappa shape index (κ2) is 8.60. The molecule has 138 valence electrons. The first-order valence-corrected chi connectivity index (χ1v) is 9.43. The van der Waals surface area contributed by atoms with Crippen LogP contribution in [-0.4, -0.2) is 23.8 Å². The third-order valence-electron chi connectivity index (χ3n) is 4.07. The summed E-state index contributed by atoms with van der Waals surface area (Å²) in [6.45, 7) is 1.51. The van der Waals surface area contributed by atoms with Gasteiger partial charge in [0.15, 0.2) is 5.78 Å². The molecule has 6 heteroatoms. The molecule has 0 radical (unpaired) electrons. The van der Waals surface area contributed by atoms with Crippen LogP contribution in [-0.2, 0) is 11.2 Å². The fraction of sp³-hybridized carbons (Fsp3) is 0.190. The van der Waals surface area contributed by atoms with E-state index >= 15 is 0 Å². The van der Waals surface area contributed by atoms with E-state index in [0.717, 1.165) is 22.0 Å². The van der Waals surface area contributed by atoms with Crippen molar-refractivity contribution in [2.24, 2.45) is 0 Å². The third kappa shape index (κ3) is 4.80. The lowest BCUT2D eigenvalue weighted by molar-refractivity contribution is -0.116. The summed E-state index contributed by atoms with van der Waals surface area (Å²) in [5, 5.41) is 5.69. The minimum atomic E-state index is -0.0857. The number of nitrogens with one attached hydrogen (secondary N) is 1. The number of ether oxygens (including phenoxy) is 1. The summed E-state index contributed by atoms with van der Waals surface area (Å²) in [7, 11) is 1.64. The first kappa shape index (κ1) is 18.8. The van der Waals surface area contributed by atoms with Crippen LogP contribution in [0.4, 0.5) is 5.69 Å². The van der Waals surface area contributed by atoms with Crippen molar-refractivity contribution >= 4 is 28.7 Å². The molecule has 0 aliphatic heterocycles. The van der Waals surface area contributed by atoms with E-state index in [1.54, 1.807) is 31.4 Å². The number of nitrogens with zero attached hydrogens (tertiary/aromatic N) is 1. The zero-order valence-electron chi connectivity index (χ0n) is 15.2. The van der Waals surface area contributed by atoms with Gasteiger partial charge in [0.25, 0.3) is 0 Å².